The number of benzene rings is 1. The van der Waals surface area contributed by atoms with Crippen molar-refractivity contribution in [1.29, 1.82) is 0 Å². The highest BCUT2D eigenvalue weighted by Crippen LogP contribution is 2.41. The molecule has 1 N–H and O–H groups in total. The molecule has 0 bridgehead atoms. The summed E-state index contributed by atoms with van der Waals surface area (Å²) in [5.41, 5.74) is 1.62. The summed E-state index contributed by atoms with van der Waals surface area (Å²) >= 11 is 0. The van der Waals surface area contributed by atoms with Crippen LogP contribution in [0, 0.1) is 6.92 Å². The summed E-state index contributed by atoms with van der Waals surface area (Å²) in [6.07, 6.45) is 4.78. The zero-order valence-electron chi connectivity index (χ0n) is 12.8. The Balaban J connectivity index is 2.37. The van der Waals surface area contributed by atoms with Crippen LogP contribution in [0.2, 0.25) is 0 Å². The molecule has 0 atom stereocenters. The first-order valence-electron chi connectivity index (χ1n) is 7.50. The standard InChI is InChI=1S/C17H23NO3/c1-13-7-6-8-14(11-13)17(9-4-3-5-10-17)16(21)18(2)12-15(19)20/h6-8,11H,3-5,9-10,12H2,1-2H3,(H,19,20). The highest BCUT2D eigenvalue weighted by Gasteiger charge is 2.42. The summed E-state index contributed by atoms with van der Waals surface area (Å²) in [5, 5.41) is 8.94. The summed E-state index contributed by atoms with van der Waals surface area (Å²) in [5.74, 6) is -1.03. The molecule has 0 unspecified atom stereocenters. The smallest absolute Gasteiger partial charge is 0.323 e. The van der Waals surface area contributed by atoms with Crippen molar-refractivity contribution < 1.29 is 14.7 Å². The lowest BCUT2D eigenvalue weighted by Gasteiger charge is -2.39. The zero-order valence-corrected chi connectivity index (χ0v) is 12.8. The lowest BCUT2D eigenvalue weighted by molar-refractivity contribution is -0.146. The van der Waals surface area contributed by atoms with E-state index in [0.717, 1.165) is 43.2 Å². The van der Waals surface area contributed by atoms with E-state index < -0.39 is 11.4 Å². The molecule has 1 amide bonds. The van der Waals surface area contributed by atoms with Crippen LogP contribution in [0.3, 0.4) is 0 Å². The molecule has 114 valence electrons. The van der Waals surface area contributed by atoms with E-state index in [1.807, 2.05) is 25.1 Å². The van der Waals surface area contributed by atoms with Crippen molar-refractivity contribution in [2.45, 2.75) is 44.4 Å². The third-order valence-electron chi connectivity index (χ3n) is 4.41. The molecule has 0 heterocycles. The number of aryl methyl sites for hydroxylation is 1. The topological polar surface area (TPSA) is 57.6 Å². The van der Waals surface area contributed by atoms with Gasteiger partial charge in [0.2, 0.25) is 5.91 Å². The van der Waals surface area contributed by atoms with Crippen molar-refractivity contribution >= 4 is 11.9 Å². The van der Waals surface area contributed by atoms with Crippen LogP contribution < -0.4 is 0 Å². The van der Waals surface area contributed by atoms with Crippen LogP contribution in [-0.2, 0) is 15.0 Å². The first-order valence-corrected chi connectivity index (χ1v) is 7.50. The maximum Gasteiger partial charge on any atom is 0.323 e. The molecule has 0 radical (unpaired) electrons. The second-order valence-electron chi connectivity index (χ2n) is 6.07. The van der Waals surface area contributed by atoms with Gasteiger partial charge < -0.3 is 10.0 Å². The number of rotatable bonds is 4. The van der Waals surface area contributed by atoms with Gasteiger partial charge in [0.15, 0.2) is 0 Å². The fourth-order valence-corrected chi connectivity index (χ4v) is 3.36. The number of aliphatic carboxylic acids is 1. The van der Waals surface area contributed by atoms with Crippen LogP contribution in [0.5, 0.6) is 0 Å². The maximum atomic E-state index is 12.9. The summed E-state index contributed by atoms with van der Waals surface area (Å²) in [7, 11) is 1.59. The maximum absolute atomic E-state index is 12.9. The number of likely N-dealkylation sites (N-methyl/N-ethyl adjacent to an activating group) is 1. The number of amides is 1. The molecule has 0 spiro atoms. The van der Waals surface area contributed by atoms with Gasteiger partial charge in [-0.3, -0.25) is 9.59 Å². The van der Waals surface area contributed by atoms with Gasteiger partial charge in [0.05, 0.1) is 5.41 Å². The average Bonchev–Trinajstić information content (AvgIpc) is 2.46. The van der Waals surface area contributed by atoms with Crippen molar-refractivity contribution in [3.8, 4) is 0 Å². The number of nitrogens with zero attached hydrogens (tertiary/aromatic N) is 1. The Hall–Kier alpha value is -1.84. The third-order valence-corrected chi connectivity index (χ3v) is 4.41. The van der Waals surface area contributed by atoms with Gasteiger partial charge in [-0.2, -0.15) is 0 Å². The summed E-state index contributed by atoms with van der Waals surface area (Å²) in [6, 6.07) is 8.07. The van der Waals surface area contributed by atoms with Crippen LogP contribution in [0.25, 0.3) is 0 Å². The summed E-state index contributed by atoms with van der Waals surface area (Å²) < 4.78 is 0. The molecular weight excluding hydrogens is 266 g/mol. The van der Waals surface area contributed by atoms with Crippen LogP contribution in [0.15, 0.2) is 24.3 Å². The van der Waals surface area contributed by atoms with Gasteiger partial charge in [-0.15, -0.1) is 0 Å². The molecule has 21 heavy (non-hydrogen) atoms. The van der Waals surface area contributed by atoms with Crippen molar-refractivity contribution in [2.24, 2.45) is 0 Å². The van der Waals surface area contributed by atoms with E-state index in [2.05, 4.69) is 6.07 Å². The van der Waals surface area contributed by atoms with E-state index in [1.165, 1.54) is 4.90 Å². The molecule has 1 aromatic rings. The van der Waals surface area contributed by atoms with Gasteiger partial charge in [0, 0.05) is 7.05 Å². The minimum absolute atomic E-state index is 0.0600. The number of carboxylic acids is 1. The van der Waals surface area contributed by atoms with E-state index in [1.54, 1.807) is 7.05 Å². The Bertz CT molecular complexity index is 533. The normalized spacial score (nSPS) is 17.2. The first-order chi connectivity index (χ1) is 9.95. The minimum atomic E-state index is -0.971. The van der Waals surface area contributed by atoms with E-state index in [0.29, 0.717) is 0 Å². The first kappa shape index (κ1) is 15.5. The highest BCUT2D eigenvalue weighted by atomic mass is 16.4. The zero-order chi connectivity index (χ0) is 15.5. The van der Waals surface area contributed by atoms with Crippen molar-refractivity contribution in [3.63, 3.8) is 0 Å². The molecule has 1 fully saturated rings. The molecule has 1 aromatic carbocycles. The molecular formula is C17H23NO3. The molecule has 4 heteroatoms. The molecule has 1 aliphatic carbocycles. The van der Waals surface area contributed by atoms with Crippen molar-refractivity contribution in [3.05, 3.63) is 35.4 Å². The number of carbonyl (C=O) groups excluding carboxylic acids is 1. The molecule has 4 nitrogen and oxygen atoms in total. The SMILES string of the molecule is Cc1cccc(C2(C(=O)N(C)CC(=O)O)CCCCC2)c1. The summed E-state index contributed by atoms with van der Waals surface area (Å²) in [4.78, 5) is 25.2. The van der Waals surface area contributed by atoms with Gasteiger partial charge in [-0.1, -0.05) is 49.1 Å². The van der Waals surface area contributed by atoms with Crippen molar-refractivity contribution in [2.75, 3.05) is 13.6 Å². The molecule has 1 aliphatic rings. The van der Waals surface area contributed by atoms with Crippen LogP contribution in [0.4, 0.5) is 0 Å². The quantitative estimate of drug-likeness (QED) is 0.927. The second kappa shape index (κ2) is 6.29. The Morgan fingerprint density at radius 3 is 2.48 bits per heavy atom. The molecule has 0 aliphatic heterocycles. The summed E-state index contributed by atoms with van der Waals surface area (Å²) in [6.45, 7) is 1.78. The second-order valence-corrected chi connectivity index (χ2v) is 6.07. The number of hydrogen-bond acceptors (Lipinski definition) is 2. The minimum Gasteiger partial charge on any atom is -0.480 e. The lowest BCUT2D eigenvalue weighted by Crippen LogP contribution is -2.48. The number of carbonyl (C=O) groups is 2. The van der Waals surface area contributed by atoms with E-state index >= 15 is 0 Å². The van der Waals surface area contributed by atoms with Crippen LogP contribution >= 0.6 is 0 Å². The highest BCUT2D eigenvalue weighted by molar-refractivity contribution is 5.90. The molecule has 1 saturated carbocycles. The Labute approximate surface area is 125 Å². The average molecular weight is 289 g/mol. The number of carboxylic acid groups (broad SMARTS) is 1. The van der Waals surface area contributed by atoms with Gasteiger partial charge in [-0.25, -0.2) is 0 Å². The van der Waals surface area contributed by atoms with Gasteiger partial charge in [0.1, 0.15) is 6.54 Å². The Morgan fingerprint density at radius 2 is 1.90 bits per heavy atom. The fraction of sp³-hybridized carbons (Fsp3) is 0.529. The van der Waals surface area contributed by atoms with Crippen LogP contribution in [-0.4, -0.2) is 35.5 Å². The fourth-order valence-electron chi connectivity index (χ4n) is 3.36. The third kappa shape index (κ3) is 3.26. The predicted octanol–water partition coefficient (Wildman–Crippen LogP) is 2.74. The van der Waals surface area contributed by atoms with E-state index in [-0.39, 0.29) is 12.5 Å². The largest absolute Gasteiger partial charge is 0.480 e. The molecule has 2 rings (SSSR count). The van der Waals surface area contributed by atoms with Gasteiger partial charge in [-0.05, 0) is 25.3 Å². The van der Waals surface area contributed by atoms with E-state index in [4.69, 9.17) is 5.11 Å². The van der Waals surface area contributed by atoms with Crippen LogP contribution in [0.1, 0.15) is 43.2 Å². The van der Waals surface area contributed by atoms with Gasteiger partial charge >= 0.3 is 5.97 Å². The monoisotopic (exact) mass is 289 g/mol. The molecule has 0 aromatic heterocycles. The predicted molar refractivity (Wildman–Crippen MR) is 81.2 cm³/mol. The van der Waals surface area contributed by atoms with E-state index in [9.17, 15) is 9.59 Å². The Kier molecular flexibility index (Phi) is 4.66. The molecule has 0 saturated heterocycles. The number of hydrogen-bond donors (Lipinski definition) is 1. The van der Waals surface area contributed by atoms with Gasteiger partial charge in [0.25, 0.3) is 0 Å². The Morgan fingerprint density at radius 1 is 1.24 bits per heavy atom. The van der Waals surface area contributed by atoms with Crippen molar-refractivity contribution in [1.82, 2.24) is 4.90 Å². The lowest BCUT2D eigenvalue weighted by atomic mass is 9.68.